The van der Waals surface area contributed by atoms with Gasteiger partial charge in [-0.2, -0.15) is 5.10 Å². The number of nitrogens with zero attached hydrogens (tertiary/aromatic N) is 2. The van der Waals surface area contributed by atoms with Crippen LogP contribution in [-0.4, -0.2) is 22.3 Å². The molecule has 0 saturated heterocycles. The van der Waals surface area contributed by atoms with Crippen LogP contribution >= 0.6 is 0 Å². The number of carbonyl (C=O) groups is 1. The monoisotopic (exact) mass is 425 g/mol. The standard InChI is InChI=1S/C27H27N3O2/c31-27(16-17-32-26-15-6-11-21-10-4-5-12-22(21)26)29-24-13-7-14-25-23(24)18-28-30(25)19-20-8-2-1-3-9-20/h1-6,8-12,15,18,24H,7,13-14,16-17,19H2,(H,29,31). The molecule has 1 aliphatic rings. The summed E-state index contributed by atoms with van der Waals surface area (Å²) in [5, 5.41) is 10.0. The Labute approximate surface area is 188 Å². The number of hydrogen-bond donors (Lipinski definition) is 1. The first-order valence-corrected chi connectivity index (χ1v) is 11.3. The topological polar surface area (TPSA) is 56.1 Å². The molecule has 1 aromatic heterocycles. The van der Waals surface area contributed by atoms with Gasteiger partial charge >= 0.3 is 0 Å². The van der Waals surface area contributed by atoms with Gasteiger partial charge in [0.15, 0.2) is 0 Å². The predicted molar refractivity (Wildman–Crippen MR) is 126 cm³/mol. The van der Waals surface area contributed by atoms with E-state index in [4.69, 9.17) is 4.74 Å². The van der Waals surface area contributed by atoms with Crippen molar-refractivity contribution in [1.82, 2.24) is 15.1 Å². The van der Waals surface area contributed by atoms with Gasteiger partial charge in [-0.15, -0.1) is 0 Å². The minimum Gasteiger partial charge on any atom is -0.492 e. The predicted octanol–water partition coefficient (Wildman–Crippen LogP) is 5.05. The normalized spacial score (nSPS) is 15.3. The Kier molecular flexibility index (Phi) is 5.88. The van der Waals surface area contributed by atoms with Crippen molar-refractivity contribution < 1.29 is 9.53 Å². The van der Waals surface area contributed by atoms with Gasteiger partial charge in [0.2, 0.25) is 5.91 Å². The number of fused-ring (bicyclic) bond motifs is 2. The Hall–Kier alpha value is -3.60. The minimum absolute atomic E-state index is 0.0129. The Morgan fingerprint density at radius 3 is 2.75 bits per heavy atom. The maximum Gasteiger partial charge on any atom is 0.223 e. The molecule has 0 radical (unpaired) electrons. The number of aromatic nitrogens is 2. The molecule has 0 saturated carbocycles. The molecule has 5 nitrogen and oxygen atoms in total. The number of hydrogen-bond acceptors (Lipinski definition) is 3. The van der Waals surface area contributed by atoms with E-state index >= 15 is 0 Å². The summed E-state index contributed by atoms with van der Waals surface area (Å²) in [5.74, 6) is 0.830. The summed E-state index contributed by atoms with van der Waals surface area (Å²) in [6.07, 6.45) is 5.24. The zero-order chi connectivity index (χ0) is 21.8. The lowest BCUT2D eigenvalue weighted by molar-refractivity contribution is -0.122. The number of benzene rings is 3. The fraction of sp³-hybridized carbons (Fsp3) is 0.259. The molecule has 0 spiro atoms. The van der Waals surface area contributed by atoms with Gasteiger partial charge in [0, 0.05) is 16.6 Å². The molecular formula is C27H27N3O2. The third kappa shape index (κ3) is 4.37. The van der Waals surface area contributed by atoms with Crippen molar-refractivity contribution in [3.63, 3.8) is 0 Å². The third-order valence-corrected chi connectivity index (χ3v) is 6.11. The van der Waals surface area contributed by atoms with Crippen LogP contribution in [0.1, 0.15) is 42.1 Å². The van der Waals surface area contributed by atoms with E-state index in [-0.39, 0.29) is 11.9 Å². The van der Waals surface area contributed by atoms with E-state index in [1.54, 1.807) is 0 Å². The molecule has 3 aromatic carbocycles. The van der Waals surface area contributed by atoms with E-state index in [1.807, 2.05) is 42.6 Å². The summed E-state index contributed by atoms with van der Waals surface area (Å²) >= 11 is 0. The number of carbonyl (C=O) groups excluding carboxylic acids is 1. The lowest BCUT2D eigenvalue weighted by atomic mass is 9.92. The van der Waals surface area contributed by atoms with Gasteiger partial charge in [0.25, 0.3) is 0 Å². The molecule has 0 bridgehead atoms. The molecule has 32 heavy (non-hydrogen) atoms. The number of rotatable bonds is 7. The van der Waals surface area contributed by atoms with Crippen LogP contribution in [0.5, 0.6) is 5.75 Å². The van der Waals surface area contributed by atoms with Gasteiger partial charge in [-0.1, -0.05) is 66.7 Å². The van der Waals surface area contributed by atoms with Crippen molar-refractivity contribution in [2.75, 3.05) is 6.61 Å². The van der Waals surface area contributed by atoms with Gasteiger partial charge in [-0.25, -0.2) is 0 Å². The Bertz CT molecular complexity index is 1210. The fourth-order valence-electron chi connectivity index (χ4n) is 4.50. The highest BCUT2D eigenvalue weighted by atomic mass is 16.5. The zero-order valence-corrected chi connectivity index (χ0v) is 18.0. The van der Waals surface area contributed by atoms with E-state index in [0.717, 1.165) is 47.9 Å². The van der Waals surface area contributed by atoms with Crippen molar-refractivity contribution in [3.05, 3.63) is 95.8 Å². The molecular weight excluding hydrogens is 398 g/mol. The molecule has 1 amide bonds. The number of ether oxygens (including phenoxy) is 1. The SMILES string of the molecule is O=C(CCOc1cccc2ccccc12)NC1CCCc2c1cnn2Cc1ccccc1. The summed E-state index contributed by atoms with van der Waals surface area (Å²) < 4.78 is 8.02. The first kappa shape index (κ1) is 20.3. The Morgan fingerprint density at radius 1 is 1.03 bits per heavy atom. The van der Waals surface area contributed by atoms with Crippen molar-refractivity contribution in [2.45, 2.75) is 38.3 Å². The van der Waals surface area contributed by atoms with Crippen LogP contribution in [0, 0.1) is 0 Å². The van der Waals surface area contributed by atoms with Crippen LogP contribution in [0.15, 0.2) is 79.0 Å². The van der Waals surface area contributed by atoms with E-state index < -0.39 is 0 Å². The second-order valence-corrected chi connectivity index (χ2v) is 8.28. The molecule has 1 aliphatic carbocycles. The summed E-state index contributed by atoms with van der Waals surface area (Å²) in [6, 6.07) is 24.5. The Balaban J connectivity index is 1.19. The summed E-state index contributed by atoms with van der Waals surface area (Å²) in [6.45, 7) is 1.11. The largest absolute Gasteiger partial charge is 0.492 e. The van der Waals surface area contributed by atoms with E-state index in [2.05, 4.69) is 51.5 Å². The van der Waals surface area contributed by atoms with Crippen LogP contribution in [0.2, 0.25) is 0 Å². The lowest BCUT2D eigenvalue weighted by Crippen LogP contribution is -2.31. The van der Waals surface area contributed by atoms with Gasteiger partial charge in [-0.3, -0.25) is 9.48 Å². The first-order valence-electron chi connectivity index (χ1n) is 11.3. The minimum atomic E-state index is 0.0129. The summed E-state index contributed by atoms with van der Waals surface area (Å²) in [5.41, 5.74) is 3.61. The van der Waals surface area contributed by atoms with Gasteiger partial charge in [0.1, 0.15) is 5.75 Å². The van der Waals surface area contributed by atoms with Crippen molar-refractivity contribution in [3.8, 4) is 5.75 Å². The molecule has 5 rings (SSSR count). The van der Waals surface area contributed by atoms with Gasteiger partial charge < -0.3 is 10.1 Å². The molecule has 1 N–H and O–H groups in total. The summed E-state index contributed by atoms with van der Waals surface area (Å²) in [4.78, 5) is 12.7. The van der Waals surface area contributed by atoms with Crippen LogP contribution in [0.4, 0.5) is 0 Å². The molecule has 162 valence electrons. The molecule has 4 aromatic rings. The highest BCUT2D eigenvalue weighted by Gasteiger charge is 2.25. The molecule has 1 atom stereocenters. The molecule has 0 aliphatic heterocycles. The highest BCUT2D eigenvalue weighted by Crippen LogP contribution is 2.30. The third-order valence-electron chi connectivity index (χ3n) is 6.11. The van der Waals surface area contributed by atoms with Crippen LogP contribution in [0.25, 0.3) is 10.8 Å². The molecule has 0 fully saturated rings. The van der Waals surface area contributed by atoms with Crippen LogP contribution < -0.4 is 10.1 Å². The van der Waals surface area contributed by atoms with Gasteiger partial charge in [0.05, 0.1) is 31.8 Å². The van der Waals surface area contributed by atoms with Crippen molar-refractivity contribution in [2.24, 2.45) is 0 Å². The molecule has 5 heteroatoms. The number of amides is 1. The molecule has 1 unspecified atom stereocenters. The first-order chi connectivity index (χ1) is 15.8. The average Bonchev–Trinajstić information content (AvgIpc) is 3.24. The maximum absolute atomic E-state index is 12.7. The average molecular weight is 426 g/mol. The van der Waals surface area contributed by atoms with Gasteiger partial charge in [-0.05, 0) is 36.3 Å². The van der Waals surface area contributed by atoms with Crippen LogP contribution in [0.3, 0.4) is 0 Å². The van der Waals surface area contributed by atoms with Crippen molar-refractivity contribution >= 4 is 16.7 Å². The summed E-state index contributed by atoms with van der Waals surface area (Å²) in [7, 11) is 0. The maximum atomic E-state index is 12.7. The fourth-order valence-corrected chi connectivity index (χ4v) is 4.50. The highest BCUT2D eigenvalue weighted by molar-refractivity contribution is 5.88. The Morgan fingerprint density at radius 2 is 1.84 bits per heavy atom. The second kappa shape index (κ2) is 9.27. The smallest absolute Gasteiger partial charge is 0.223 e. The zero-order valence-electron chi connectivity index (χ0n) is 18.0. The molecule has 1 heterocycles. The van der Waals surface area contributed by atoms with Crippen LogP contribution in [-0.2, 0) is 17.8 Å². The lowest BCUT2D eigenvalue weighted by Gasteiger charge is -2.24. The van der Waals surface area contributed by atoms with E-state index in [9.17, 15) is 4.79 Å². The number of nitrogens with one attached hydrogen (secondary N) is 1. The van der Waals surface area contributed by atoms with E-state index in [1.165, 1.54) is 11.3 Å². The van der Waals surface area contributed by atoms with Crippen molar-refractivity contribution in [1.29, 1.82) is 0 Å². The second-order valence-electron chi connectivity index (χ2n) is 8.28. The van der Waals surface area contributed by atoms with E-state index in [0.29, 0.717) is 13.0 Å². The quantitative estimate of drug-likeness (QED) is 0.451.